The number of carbonyl (C=O) groups is 1. The number of hydrogen-bond acceptors (Lipinski definition) is 4. The Labute approximate surface area is 111 Å². The molecule has 98 valence electrons. The first kappa shape index (κ1) is 14.2. The normalized spacial score (nSPS) is 10.0. The van der Waals surface area contributed by atoms with Crippen LogP contribution < -0.4 is 15.8 Å². The maximum atomic E-state index is 11.5. The molecule has 6 heteroatoms. The molecule has 0 unspecified atom stereocenters. The fourth-order valence-electron chi connectivity index (χ4n) is 1.30. The maximum Gasteiger partial charge on any atom is 0.411 e. The highest BCUT2D eigenvalue weighted by atomic mass is 32.1. The molecule has 1 aromatic rings. The zero-order valence-corrected chi connectivity index (χ0v) is 11.3. The van der Waals surface area contributed by atoms with Gasteiger partial charge in [0.15, 0.2) is 0 Å². The molecular weight excluding hydrogens is 252 g/mol. The number of carbonyl (C=O) groups excluding carboxylic acids is 1. The molecule has 0 fully saturated rings. The van der Waals surface area contributed by atoms with Gasteiger partial charge < -0.3 is 15.2 Å². The number of nitrogens with two attached hydrogens (primary N) is 1. The molecule has 0 radical (unpaired) electrons. The van der Waals surface area contributed by atoms with Crippen LogP contribution in [0, 0.1) is 0 Å². The highest BCUT2D eigenvalue weighted by molar-refractivity contribution is 7.80. The van der Waals surface area contributed by atoms with E-state index >= 15 is 0 Å². The Balaban J connectivity index is 2.89. The minimum Gasteiger partial charge on any atom is -0.495 e. The van der Waals surface area contributed by atoms with Gasteiger partial charge in [0, 0.05) is 5.56 Å². The van der Waals surface area contributed by atoms with E-state index in [-0.39, 0.29) is 11.1 Å². The van der Waals surface area contributed by atoms with E-state index in [9.17, 15) is 4.79 Å². The van der Waals surface area contributed by atoms with Crippen molar-refractivity contribution in [3.05, 3.63) is 23.8 Å². The second kappa shape index (κ2) is 6.20. The van der Waals surface area contributed by atoms with Crippen molar-refractivity contribution in [2.45, 2.75) is 20.0 Å². The second-order valence-electron chi connectivity index (χ2n) is 3.86. The SMILES string of the molecule is COc1cc(C(N)=S)ccc1NC(=O)OC(C)C. The van der Waals surface area contributed by atoms with Gasteiger partial charge in [0.2, 0.25) is 0 Å². The molecule has 5 nitrogen and oxygen atoms in total. The average molecular weight is 268 g/mol. The van der Waals surface area contributed by atoms with Crippen LogP contribution in [-0.2, 0) is 4.74 Å². The van der Waals surface area contributed by atoms with Gasteiger partial charge in [-0.25, -0.2) is 4.79 Å². The Kier molecular flexibility index (Phi) is 4.91. The zero-order chi connectivity index (χ0) is 13.7. The summed E-state index contributed by atoms with van der Waals surface area (Å²) in [6, 6.07) is 5.03. The van der Waals surface area contributed by atoms with E-state index in [2.05, 4.69) is 5.32 Å². The third kappa shape index (κ3) is 3.89. The minimum atomic E-state index is -0.536. The van der Waals surface area contributed by atoms with Crippen LogP contribution >= 0.6 is 12.2 Å². The third-order valence-electron chi connectivity index (χ3n) is 2.07. The highest BCUT2D eigenvalue weighted by Gasteiger charge is 2.11. The monoisotopic (exact) mass is 268 g/mol. The average Bonchev–Trinajstić information content (AvgIpc) is 2.27. The third-order valence-corrected chi connectivity index (χ3v) is 2.30. The first-order valence-electron chi connectivity index (χ1n) is 5.39. The van der Waals surface area contributed by atoms with Crippen molar-refractivity contribution in [2.75, 3.05) is 12.4 Å². The van der Waals surface area contributed by atoms with Gasteiger partial charge in [0.25, 0.3) is 0 Å². The van der Waals surface area contributed by atoms with Crippen LogP contribution in [0.1, 0.15) is 19.4 Å². The lowest BCUT2D eigenvalue weighted by molar-refractivity contribution is 0.130. The van der Waals surface area contributed by atoms with Crippen molar-refractivity contribution in [1.82, 2.24) is 0 Å². The summed E-state index contributed by atoms with van der Waals surface area (Å²) in [4.78, 5) is 11.7. The Morgan fingerprint density at radius 3 is 2.61 bits per heavy atom. The summed E-state index contributed by atoms with van der Waals surface area (Å²) in [6.07, 6.45) is -0.724. The van der Waals surface area contributed by atoms with Crippen molar-refractivity contribution >= 4 is 29.0 Å². The fourth-order valence-corrected chi connectivity index (χ4v) is 1.43. The van der Waals surface area contributed by atoms with Crippen LogP contribution in [0.15, 0.2) is 18.2 Å². The molecule has 0 saturated heterocycles. The molecular formula is C12H16N2O3S. The molecule has 0 aromatic heterocycles. The first-order valence-corrected chi connectivity index (χ1v) is 5.80. The molecule has 18 heavy (non-hydrogen) atoms. The van der Waals surface area contributed by atoms with Crippen LogP contribution in [0.3, 0.4) is 0 Å². The van der Waals surface area contributed by atoms with Gasteiger partial charge in [-0.15, -0.1) is 0 Å². The number of nitrogens with one attached hydrogen (secondary N) is 1. The quantitative estimate of drug-likeness (QED) is 0.820. The molecule has 1 rings (SSSR count). The van der Waals surface area contributed by atoms with Crippen molar-refractivity contribution in [3.8, 4) is 5.75 Å². The fraction of sp³-hybridized carbons (Fsp3) is 0.333. The molecule has 0 saturated carbocycles. The molecule has 0 aliphatic carbocycles. The molecule has 0 spiro atoms. The molecule has 3 N–H and O–H groups in total. The van der Waals surface area contributed by atoms with Gasteiger partial charge >= 0.3 is 6.09 Å². The molecule has 0 atom stereocenters. The molecule has 0 bridgehead atoms. The summed E-state index contributed by atoms with van der Waals surface area (Å²) in [5.41, 5.74) is 6.69. The maximum absolute atomic E-state index is 11.5. The molecule has 1 aromatic carbocycles. The minimum absolute atomic E-state index is 0.188. The molecule has 0 heterocycles. The zero-order valence-electron chi connectivity index (χ0n) is 10.5. The van der Waals surface area contributed by atoms with Crippen LogP contribution in [-0.4, -0.2) is 24.3 Å². The number of amides is 1. The van der Waals surface area contributed by atoms with E-state index in [4.69, 9.17) is 27.4 Å². The van der Waals surface area contributed by atoms with E-state index in [1.807, 2.05) is 0 Å². The number of methoxy groups -OCH3 is 1. The first-order chi connectivity index (χ1) is 8.43. The number of benzene rings is 1. The number of anilines is 1. The van der Waals surface area contributed by atoms with Gasteiger partial charge in [0.1, 0.15) is 10.7 Å². The molecule has 0 aliphatic heterocycles. The smallest absolute Gasteiger partial charge is 0.411 e. The highest BCUT2D eigenvalue weighted by Crippen LogP contribution is 2.25. The van der Waals surface area contributed by atoms with Gasteiger partial charge in [0.05, 0.1) is 18.9 Å². The van der Waals surface area contributed by atoms with E-state index in [1.165, 1.54) is 7.11 Å². The lowest BCUT2D eigenvalue weighted by Gasteiger charge is -2.13. The standard InChI is InChI=1S/C12H16N2O3S/c1-7(2)17-12(15)14-9-5-4-8(11(13)18)6-10(9)16-3/h4-7H,1-3H3,(H2,13,18)(H,14,15). The summed E-state index contributed by atoms with van der Waals surface area (Å²) in [7, 11) is 1.50. The number of thiocarbonyl (C=S) groups is 1. The summed E-state index contributed by atoms with van der Waals surface area (Å²) in [6.45, 7) is 3.54. The predicted molar refractivity (Wildman–Crippen MR) is 74.1 cm³/mol. The van der Waals surface area contributed by atoms with E-state index in [1.54, 1.807) is 32.0 Å². The van der Waals surface area contributed by atoms with E-state index in [0.717, 1.165) is 0 Å². The number of ether oxygens (including phenoxy) is 2. The summed E-state index contributed by atoms with van der Waals surface area (Å²) in [5, 5.41) is 2.59. The molecule has 1 amide bonds. The largest absolute Gasteiger partial charge is 0.495 e. The Morgan fingerprint density at radius 2 is 2.11 bits per heavy atom. The second-order valence-corrected chi connectivity index (χ2v) is 4.30. The van der Waals surface area contributed by atoms with Crippen molar-refractivity contribution in [3.63, 3.8) is 0 Å². The van der Waals surface area contributed by atoms with Crippen molar-refractivity contribution in [2.24, 2.45) is 5.73 Å². The molecule has 0 aliphatic rings. The van der Waals surface area contributed by atoms with Crippen molar-refractivity contribution < 1.29 is 14.3 Å². The van der Waals surface area contributed by atoms with Gasteiger partial charge in [-0.1, -0.05) is 12.2 Å². The number of rotatable bonds is 4. The van der Waals surface area contributed by atoms with Crippen LogP contribution in [0.2, 0.25) is 0 Å². The Bertz CT molecular complexity index is 461. The lowest BCUT2D eigenvalue weighted by Crippen LogP contribution is -2.18. The predicted octanol–water partition coefficient (Wildman–Crippen LogP) is 2.29. The topological polar surface area (TPSA) is 73.6 Å². The van der Waals surface area contributed by atoms with Gasteiger partial charge in [-0.2, -0.15) is 0 Å². The van der Waals surface area contributed by atoms with Gasteiger partial charge in [-0.05, 0) is 32.0 Å². The van der Waals surface area contributed by atoms with Crippen LogP contribution in [0.25, 0.3) is 0 Å². The summed E-state index contributed by atoms with van der Waals surface area (Å²) in [5.74, 6) is 0.473. The summed E-state index contributed by atoms with van der Waals surface area (Å²) < 4.78 is 10.1. The lowest BCUT2D eigenvalue weighted by atomic mass is 10.2. The van der Waals surface area contributed by atoms with E-state index in [0.29, 0.717) is 17.0 Å². The Morgan fingerprint density at radius 1 is 1.44 bits per heavy atom. The number of hydrogen-bond donors (Lipinski definition) is 2. The Hall–Kier alpha value is -1.82. The van der Waals surface area contributed by atoms with Crippen molar-refractivity contribution in [1.29, 1.82) is 0 Å². The van der Waals surface area contributed by atoms with Crippen LogP contribution in [0.5, 0.6) is 5.75 Å². The van der Waals surface area contributed by atoms with E-state index < -0.39 is 6.09 Å². The van der Waals surface area contributed by atoms with Crippen LogP contribution in [0.4, 0.5) is 10.5 Å². The van der Waals surface area contributed by atoms with Gasteiger partial charge in [-0.3, -0.25) is 5.32 Å². The summed E-state index contributed by atoms with van der Waals surface area (Å²) >= 11 is 4.87.